The molecule has 21 heavy (non-hydrogen) atoms. The van der Waals surface area contributed by atoms with Crippen LogP contribution < -0.4 is 5.32 Å². The van der Waals surface area contributed by atoms with Crippen molar-refractivity contribution in [1.29, 1.82) is 0 Å². The van der Waals surface area contributed by atoms with E-state index in [0.29, 0.717) is 11.5 Å². The molecule has 0 bridgehead atoms. The molecule has 1 aliphatic rings. The van der Waals surface area contributed by atoms with E-state index < -0.39 is 0 Å². The number of nitrogens with one attached hydrogen (secondary N) is 1. The monoisotopic (exact) mass is 327 g/mol. The van der Waals surface area contributed by atoms with Gasteiger partial charge >= 0.3 is 0 Å². The molecule has 3 heteroatoms. The van der Waals surface area contributed by atoms with Gasteiger partial charge < -0.3 is 5.32 Å². The third-order valence-electron chi connectivity index (χ3n) is 4.81. The Balaban J connectivity index is 1.93. The minimum atomic E-state index is 0.519. The van der Waals surface area contributed by atoms with Crippen LogP contribution in [0.1, 0.15) is 57.9 Å². The molecule has 1 fully saturated rings. The van der Waals surface area contributed by atoms with Crippen molar-refractivity contribution in [2.24, 2.45) is 5.41 Å². The van der Waals surface area contributed by atoms with Gasteiger partial charge in [0.15, 0.2) is 0 Å². The van der Waals surface area contributed by atoms with Crippen molar-refractivity contribution in [2.45, 2.75) is 64.8 Å². The van der Waals surface area contributed by atoms with E-state index in [2.05, 4.69) is 25.2 Å². The number of hydrogen-bond donors (Lipinski definition) is 1. The second-order valence-electron chi connectivity index (χ2n) is 6.80. The van der Waals surface area contributed by atoms with Gasteiger partial charge in [-0.25, -0.2) is 0 Å². The van der Waals surface area contributed by atoms with Crippen LogP contribution in [0, 0.1) is 5.41 Å². The predicted molar refractivity (Wildman–Crippen MR) is 93.4 cm³/mol. The van der Waals surface area contributed by atoms with Gasteiger partial charge in [-0.05, 0) is 61.8 Å². The lowest BCUT2D eigenvalue weighted by atomic mass is 9.77. The number of hydrogen-bond acceptors (Lipinski definition) is 1. The first-order valence-corrected chi connectivity index (χ1v) is 8.94. The average Bonchev–Trinajstić information content (AvgIpc) is 2.86. The van der Waals surface area contributed by atoms with Crippen LogP contribution in [0.25, 0.3) is 0 Å². The zero-order valence-electron chi connectivity index (χ0n) is 13.2. The molecule has 0 unspecified atom stereocenters. The van der Waals surface area contributed by atoms with E-state index in [1.807, 2.05) is 12.1 Å². The Hall–Kier alpha value is -0.240. The zero-order chi connectivity index (χ0) is 15.3. The maximum Gasteiger partial charge on any atom is 0.0452 e. The molecule has 1 aliphatic carbocycles. The van der Waals surface area contributed by atoms with Gasteiger partial charge in [0.25, 0.3) is 0 Å². The summed E-state index contributed by atoms with van der Waals surface area (Å²) in [4.78, 5) is 0. The summed E-state index contributed by atoms with van der Waals surface area (Å²) >= 11 is 12.3. The normalized spacial score (nSPS) is 17.6. The highest BCUT2D eigenvalue weighted by atomic mass is 35.5. The van der Waals surface area contributed by atoms with E-state index in [1.165, 1.54) is 44.1 Å². The van der Waals surface area contributed by atoms with Gasteiger partial charge in [-0.2, -0.15) is 0 Å². The van der Waals surface area contributed by atoms with Gasteiger partial charge in [-0.3, -0.25) is 0 Å². The van der Waals surface area contributed by atoms with E-state index >= 15 is 0 Å². The molecule has 1 aromatic carbocycles. The van der Waals surface area contributed by atoms with Crippen molar-refractivity contribution < 1.29 is 0 Å². The second-order valence-corrected chi connectivity index (χ2v) is 7.65. The van der Waals surface area contributed by atoms with Gasteiger partial charge in [0.1, 0.15) is 0 Å². The number of rotatable bonds is 7. The van der Waals surface area contributed by atoms with E-state index in [1.54, 1.807) is 0 Å². The van der Waals surface area contributed by atoms with Crippen LogP contribution in [0.15, 0.2) is 18.2 Å². The van der Waals surface area contributed by atoms with E-state index in [4.69, 9.17) is 23.2 Å². The fourth-order valence-electron chi connectivity index (χ4n) is 3.50. The molecule has 0 heterocycles. The van der Waals surface area contributed by atoms with Gasteiger partial charge in [-0.15, -0.1) is 0 Å². The van der Waals surface area contributed by atoms with Crippen molar-refractivity contribution >= 4 is 23.2 Å². The molecule has 0 amide bonds. The van der Waals surface area contributed by atoms with E-state index in [9.17, 15) is 0 Å². The van der Waals surface area contributed by atoms with Crippen LogP contribution in [0.5, 0.6) is 0 Å². The van der Waals surface area contributed by atoms with E-state index in [-0.39, 0.29) is 0 Å². The van der Waals surface area contributed by atoms with Crippen LogP contribution in [-0.2, 0) is 6.42 Å². The summed E-state index contributed by atoms with van der Waals surface area (Å²) in [5, 5.41) is 5.11. The first kappa shape index (κ1) is 17.1. The molecule has 0 radical (unpaired) electrons. The molecule has 1 saturated carbocycles. The predicted octanol–water partition coefficient (Wildman–Crippen LogP) is 5.87. The van der Waals surface area contributed by atoms with Crippen molar-refractivity contribution in [3.8, 4) is 0 Å². The molecule has 1 aromatic rings. The standard InChI is InChI=1S/C18H27Cl2N/c1-14(2)21-12-11-18(8-3-4-9-18)10-7-15-5-6-16(19)13-17(15)20/h5-6,13-14,21H,3-4,7-12H2,1-2H3. The van der Waals surface area contributed by atoms with Crippen LogP contribution in [0.3, 0.4) is 0 Å². The molecular weight excluding hydrogens is 301 g/mol. The fraction of sp³-hybridized carbons (Fsp3) is 0.667. The summed E-state index contributed by atoms with van der Waals surface area (Å²) in [6.45, 7) is 5.57. The number of aryl methyl sites for hydroxylation is 1. The largest absolute Gasteiger partial charge is 0.315 e. The summed E-state index contributed by atoms with van der Waals surface area (Å²) in [7, 11) is 0. The van der Waals surface area contributed by atoms with Gasteiger partial charge in [-0.1, -0.05) is 56.0 Å². The second kappa shape index (κ2) is 7.85. The maximum absolute atomic E-state index is 6.31. The molecule has 0 atom stereocenters. The fourth-order valence-corrected chi connectivity index (χ4v) is 4.00. The smallest absolute Gasteiger partial charge is 0.0452 e. The van der Waals surface area contributed by atoms with Crippen molar-refractivity contribution in [2.75, 3.05) is 6.54 Å². The highest BCUT2D eigenvalue weighted by Gasteiger charge is 2.32. The quantitative estimate of drug-likeness (QED) is 0.659. The Morgan fingerprint density at radius 3 is 2.48 bits per heavy atom. The summed E-state index contributed by atoms with van der Waals surface area (Å²) in [5.74, 6) is 0. The average molecular weight is 328 g/mol. The van der Waals surface area contributed by atoms with Crippen LogP contribution in [0.4, 0.5) is 0 Å². The zero-order valence-corrected chi connectivity index (χ0v) is 14.7. The Labute approximate surface area is 139 Å². The Bertz CT molecular complexity index is 451. The Morgan fingerprint density at radius 2 is 1.86 bits per heavy atom. The number of halogens is 2. The SMILES string of the molecule is CC(C)NCCC1(CCc2ccc(Cl)cc2Cl)CCCC1. The summed E-state index contributed by atoms with van der Waals surface area (Å²) in [6.07, 6.45) is 9.12. The first-order valence-electron chi connectivity index (χ1n) is 8.18. The molecule has 2 rings (SSSR count). The molecule has 0 aromatic heterocycles. The molecule has 0 spiro atoms. The van der Waals surface area contributed by atoms with Crippen molar-refractivity contribution in [1.82, 2.24) is 5.32 Å². The number of benzene rings is 1. The summed E-state index contributed by atoms with van der Waals surface area (Å²) in [5.41, 5.74) is 1.76. The lowest BCUT2D eigenvalue weighted by molar-refractivity contribution is 0.243. The molecule has 1 nitrogen and oxygen atoms in total. The lowest BCUT2D eigenvalue weighted by Crippen LogP contribution is -2.29. The Morgan fingerprint density at radius 1 is 1.14 bits per heavy atom. The van der Waals surface area contributed by atoms with Crippen LogP contribution in [0.2, 0.25) is 10.0 Å². The topological polar surface area (TPSA) is 12.0 Å². The highest BCUT2D eigenvalue weighted by molar-refractivity contribution is 6.35. The highest BCUT2D eigenvalue weighted by Crippen LogP contribution is 2.45. The maximum atomic E-state index is 6.31. The van der Waals surface area contributed by atoms with Gasteiger partial charge in [0.05, 0.1) is 0 Å². The van der Waals surface area contributed by atoms with Crippen molar-refractivity contribution in [3.63, 3.8) is 0 Å². The lowest BCUT2D eigenvalue weighted by Gasteiger charge is -2.30. The first-order chi connectivity index (χ1) is 10.0. The molecular formula is C18H27Cl2N. The molecule has 0 saturated heterocycles. The van der Waals surface area contributed by atoms with E-state index in [0.717, 1.165) is 23.0 Å². The third kappa shape index (κ3) is 5.16. The third-order valence-corrected chi connectivity index (χ3v) is 5.40. The van der Waals surface area contributed by atoms with Gasteiger partial charge in [0.2, 0.25) is 0 Å². The summed E-state index contributed by atoms with van der Waals surface area (Å²) in [6, 6.07) is 6.47. The van der Waals surface area contributed by atoms with Crippen LogP contribution >= 0.6 is 23.2 Å². The minimum absolute atomic E-state index is 0.519. The Kier molecular flexibility index (Phi) is 6.40. The molecule has 118 valence electrons. The van der Waals surface area contributed by atoms with Crippen molar-refractivity contribution in [3.05, 3.63) is 33.8 Å². The minimum Gasteiger partial charge on any atom is -0.315 e. The van der Waals surface area contributed by atoms with Gasteiger partial charge in [0, 0.05) is 16.1 Å². The van der Waals surface area contributed by atoms with Crippen LogP contribution in [-0.4, -0.2) is 12.6 Å². The molecule has 0 aliphatic heterocycles. The molecule has 1 N–H and O–H groups in total. The summed E-state index contributed by atoms with van der Waals surface area (Å²) < 4.78 is 0.